The second-order valence-corrected chi connectivity index (χ2v) is 7.63. The predicted octanol–water partition coefficient (Wildman–Crippen LogP) is 3.20. The first-order valence-electron chi connectivity index (χ1n) is 7.07. The molecular weight excluding hydrogens is 210 g/mol. The Balaban J connectivity index is 2.41. The van der Waals surface area contributed by atoms with Gasteiger partial charge in [0, 0.05) is 12.6 Å². The van der Waals surface area contributed by atoms with Crippen LogP contribution in [0.5, 0.6) is 0 Å². The number of hydrogen-bond acceptors (Lipinski definition) is 2. The van der Waals surface area contributed by atoms with E-state index in [1.807, 2.05) is 6.92 Å². The first-order chi connectivity index (χ1) is 7.61. The molecule has 1 fully saturated rings. The molecule has 0 aromatic carbocycles. The normalized spacial score (nSPS) is 31.8. The third-order valence-electron chi connectivity index (χ3n) is 3.93. The van der Waals surface area contributed by atoms with Gasteiger partial charge in [-0.1, -0.05) is 34.6 Å². The van der Waals surface area contributed by atoms with Gasteiger partial charge in [0.1, 0.15) is 0 Å². The third-order valence-corrected chi connectivity index (χ3v) is 3.93. The molecule has 0 aliphatic heterocycles. The number of aliphatic hydroxyl groups is 1. The lowest BCUT2D eigenvalue weighted by Gasteiger charge is -2.29. The SMILES string of the molecule is CC(C)CC(C)(O)CNC1CC(C)(C)CC1C. The molecule has 1 aliphatic carbocycles. The van der Waals surface area contributed by atoms with Crippen molar-refractivity contribution in [3.05, 3.63) is 0 Å². The lowest BCUT2D eigenvalue weighted by atomic mass is 9.91. The number of hydrogen-bond donors (Lipinski definition) is 2. The van der Waals surface area contributed by atoms with E-state index in [0.717, 1.165) is 18.9 Å². The molecule has 0 bridgehead atoms. The van der Waals surface area contributed by atoms with Crippen LogP contribution in [0.25, 0.3) is 0 Å². The smallest absolute Gasteiger partial charge is 0.0746 e. The summed E-state index contributed by atoms with van der Waals surface area (Å²) in [6, 6.07) is 0.573. The molecule has 0 radical (unpaired) electrons. The Hall–Kier alpha value is -0.0800. The fourth-order valence-electron chi connectivity index (χ4n) is 3.47. The average molecular weight is 241 g/mol. The fourth-order valence-corrected chi connectivity index (χ4v) is 3.47. The Morgan fingerprint density at radius 1 is 1.35 bits per heavy atom. The van der Waals surface area contributed by atoms with Crippen molar-refractivity contribution in [2.75, 3.05) is 6.54 Å². The zero-order chi connectivity index (χ0) is 13.3. The van der Waals surface area contributed by atoms with Crippen molar-refractivity contribution in [1.82, 2.24) is 5.32 Å². The van der Waals surface area contributed by atoms with E-state index in [4.69, 9.17) is 0 Å². The number of rotatable bonds is 5. The summed E-state index contributed by atoms with van der Waals surface area (Å²) in [6.07, 6.45) is 3.38. The molecule has 0 aromatic heterocycles. The van der Waals surface area contributed by atoms with Gasteiger partial charge in [-0.25, -0.2) is 0 Å². The van der Waals surface area contributed by atoms with E-state index in [1.165, 1.54) is 12.8 Å². The van der Waals surface area contributed by atoms with E-state index in [-0.39, 0.29) is 0 Å². The van der Waals surface area contributed by atoms with Crippen LogP contribution >= 0.6 is 0 Å². The lowest BCUT2D eigenvalue weighted by Crippen LogP contribution is -2.44. The second kappa shape index (κ2) is 5.27. The van der Waals surface area contributed by atoms with Crippen molar-refractivity contribution in [2.24, 2.45) is 17.3 Å². The molecule has 17 heavy (non-hydrogen) atoms. The van der Waals surface area contributed by atoms with Crippen LogP contribution in [0.4, 0.5) is 0 Å². The lowest BCUT2D eigenvalue weighted by molar-refractivity contribution is 0.0347. The first-order valence-corrected chi connectivity index (χ1v) is 7.07. The maximum atomic E-state index is 10.3. The van der Waals surface area contributed by atoms with Crippen molar-refractivity contribution in [3.8, 4) is 0 Å². The van der Waals surface area contributed by atoms with Gasteiger partial charge in [-0.15, -0.1) is 0 Å². The van der Waals surface area contributed by atoms with Gasteiger partial charge in [-0.05, 0) is 43.4 Å². The van der Waals surface area contributed by atoms with Crippen molar-refractivity contribution in [2.45, 2.75) is 72.4 Å². The molecule has 3 atom stereocenters. The Bertz CT molecular complexity index is 245. The highest BCUT2D eigenvalue weighted by atomic mass is 16.3. The zero-order valence-corrected chi connectivity index (χ0v) is 12.5. The highest BCUT2D eigenvalue weighted by molar-refractivity contribution is 4.92. The van der Waals surface area contributed by atoms with Crippen molar-refractivity contribution >= 4 is 0 Å². The summed E-state index contributed by atoms with van der Waals surface area (Å²) in [7, 11) is 0. The standard InChI is InChI=1S/C15H31NO/c1-11(2)7-15(6,17)10-16-13-9-14(4,5)8-12(13)3/h11-13,16-17H,7-10H2,1-6H3. The molecule has 2 N–H and O–H groups in total. The van der Waals surface area contributed by atoms with Crippen LogP contribution < -0.4 is 5.32 Å². The van der Waals surface area contributed by atoms with E-state index in [9.17, 15) is 5.11 Å². The monoisotopic (exact) mass is 241 g/mol. The third kappa shape index (κ3) is 4.97. The molecule has 0 saturated heterocycles. The van der Waals surface area contributed by atoms with E-state index in [0.29, 0.717) is 17.4 Å². The first kappa shape index (κ1) is 15.0. The Morgan fingerprint density at radius 3 is 2.35 bits per heavy atom. The van der Waals surface area contributed by atoms with E-state index >= 15 is 0 Å². The van der Waals surface area contributed by atoms with E-state index < -0.39 is 5.60 Å². The minimum Gasteiger partial charge on any atom is -0.389 e. The second-order valence-electron chi connectivity index (χ2n) is 7.63. The topological polar surface area (TPSA) is 32.3 Å². The van der Waals surface area contributed by atoms with Gasteiger partial charge >= 0.3 is 0 Å². The molecule has 1 saturated carbocycles. The van der Waals surface area contributed by atoms with Crippen molar-refractivity contribution < 1.29 is 5.11 Å². The van der Waals surface area contributed by atoms with Crippen molar-refractivity contribution in [1.29, 1.82) is 0 Å². The van der Waals surface area contributed by atoms with Gasteiger partial charge in [-0.3, -0.25) is 0 Å². The molecule has 3 unspecified atom stereocenters. The Morgan fingerprint density at radius 2 is 1.94 bits per heavy atom. The summed E-state index contributed by atoms with van der Waals surface area (Å²) in [5.74, 6) is 1.27. The Kier molecular flexibility index (Phi) is 4.65. The summed E-state index contributed by atoms with van der Waals surface area (Å²) in [6.45, 7) is 14.0. The minimum absolute atomic E-state index is 0.459. The van der Waals surface area contributed by atoms with Crippen LogP contribution in [0.3, 0.4) is 0 Å². The molecule has 0 heterocycles. The fraction of sp³-hybridized carbons (Fsp3) is 1.00. The molecule has 1 rings (SSSR count). The molecule has 0 spiro atoms. The summed E-state index contributed by atoms with van der Waals surface area (Å²) < 4.78 is 0. The minimum atomic E-state index is -0.569. The molecule has 0 amide bonds. The van der Waals surface area contributed by atoms with Gasteiger partial charge in [0.2, 0.25) is 0 Å². The van der Waals surface area contributed by atoms with Gasteiger partial charge in [-0.2, -0.15) is 0 Å². The van der Waals surface area contributed by atoms with Crippen LogP contribution in [0.1, 0.15) is 60.8 Å². The van der Waals surface area contributed by atoms with Gasteiger partial charge in [0.05, 0.1) is 5.60 Å². The van der Waals surface area contributed by atoms with Gasteiger partial charge in [0.15, 0.2) is 0 Å². The Labute approximate surface area is 107 Å². The van der Waals surface area contributed by atoms with Crippen LogP contribution in [0, 0.1) is 17.3 Å². The van der Waals surface area contributed by atoms with Crippen LogP contribution in [-0.4, -0.2) is 23.3 Å². The van der Waals surface area contributed by atoms with Gasteiger partial charge in [0.25, 0.3) is 0 Å². The summed E-state index contributed by atoms with van der Waals surface area (Å²) in [5, 5.41) is 13.9. The average Bonchev–Trinajstić information content (AvgIpc) is 2.34. The highest BCUT2D eigenvalue weighted by Crippen LogP contribution is 2.40. The summed E-state index contributed by atoms with van der Waals surface area (Å²) in [5.41, 5.74) is -0.110. The molecule has 102 valence electrons. The highest BCUT2D eigenvalue weighted by Gasteiger charge is 2.37. The summed E-state index contributed by atoms with van der Waals surface area (Å²) in [4.78, 5) is 0. The molecular formula is C15H31NO. The van der Waals surface area contributed by atoms with E-state index in [2.05, 4.69) is 39.9 Å². The van der Waals surface area contributed by atoms with Crippen LogP contribution in [-0.2, 0) is 0 Å². The predicted molar refractivity (Wildman–Crippen MR) is 74.0 cm³/mol. The van der Waals surface area contributed by atoms with E-state index in [1.54, 1.807) is 0 Å². The molecule has 2 heteroatoms. The van der Waals surface area contributed by atoms with Gasteiger partial charge < -0.3 is 10.4 Å². The maximum absolute atomic E-state index is 10.3. The number of nitrogens with one attached hydrogen (secondary N) is 1. The zero-order valence-electron chi connectivity index (χ0n) is 12.5. The summed E-state index contributed by atoms with van der Waals surface area (Å²) >= 11 is 0. The van der Waals surface area contributed by atoms with Crippen LogP contribution in [0.15, 0.2) is 0 Å². The molecule has 1 aliphatic rings. The molecule has 2 nitrogen and oxygen atoms in total. The van der Waals surface area contributed by atoms with Crippen molar-refractivity contribution in [3.63, 3.8) is 0 Å². The molecule has 0 aromatic rings. The largest absolute Gasteiger partial charge is 0.389 e. The van der Waals surface area contributed by atoms with Crippen LogP contribution in [0.2, 0.25) is 0 Å². The maximum Gasteiger partial charge on any atom is 0.0746 e. The quantitative estimate of drug-likeness (QED) is 0.775.